The third kappa shape index (κ3) is 3.40. The van der Waals surface area contributed by atoms with Gasteiger partial charge in [0.15, 0.2) is 0 Å². The lowest BCUT2D eigenvalue weighted by Gasteiger charge is -2.21. The average molecular weight is 277 g/mol. The summed E-state index contributed by atoms with van der Waals surface area (Å²) in [6.45, 7) is 1.38. The van der Waals surface area contributed by atoms with Crippen LogP contribution >= 0.6 is 0 Å². The van der Waals surface area contributed by atoms with E-state index in [0.717, 1.165) is 0 Å². The van der Waals surface area contributed by atoms with Gasteiger partial charge in [0.2, 0.25) is 5.91 Å². The molecule has 2 aromatic carbocycles. The number of benzene rings is 2. The summed E-state index contributed by atoms with van der Waals surface area (Å²) in [5.41, 5.74) is 2.39. The van der Waals surface area contributed by atoms with Crippen LogP contribution in [-0.4, -0.2) is 17.4 Å². The summed E-state index contributed by atoms with van der Waals surface area (Å²) in [6, 6.07) is 20.4. The number of nitrogens with zero attached hydrogens (tertiary/aromatic N) is 1. The standard InChI is InChI=1S/C19H19NO/c21-19-14-18(17-10-5-2-6-11-17)12-7-13-20(19)15-16-8-3-1-4-9-16/h1-12,18H,13-15H2/t18-/m1/s1. The van der Waals surface area contributed by atoms with Crippen molar-refractivity contribution in [1.82, 2.24) is 4.90 Å². The Balaban J connectivity index is 1.72. The Morgan fingerprint density at radius 2 is 1.62 bits per heavy atom. The predicted molar refractivity (Wildman–Crippen MR) is 84.8 cm³/mol. The van der Waals surface area contributed by atoms with E-state index in [1.807, 2.05) is 41.3 Å². The van der Waals surface area contributed by atoms with Gasteiger partial charge in [-0.1, -0.05) is 72.8 Å². The van der Waals surface area contributed by atoms with Crippen molar-refractivity contribution in [2.75, 3.05) is 6.54 Å². The van der Waals surface area contributed by atoms with Crippen molar-refractivity contribution in [3.8, 4) is 0 Å². The largest absolute Gasteiger partial charge is 0.335 e. The van der Waals surface area contributed by atoms with E-state index < -0.39 is 0 Å². The first-order valence-electron chi connectivity index (χ1n) is 7.36. The van der Waals surface area contributed by atoms with Crippen molar-refractivity contribution in [2.45, 2.75) is 18.9 Å². The number of amides is 1. The molecule has 1 heterocycles. The Hall–Kier alpha value is -2.35. The lowest BCUT2D eigenvalue weighted by molar-refractivity contribution is -0.131. The van der Waals surface area contributed by atoms with Crippen LogP contribution in [0, 0.1) is 0 Å². The molecule has 0 saturated carbocycles. The maximum absolute atomic E-state index is 12.5. The maximum atomic E-state index is 12.5. The lowest BCUT2D eigenvalue weighted by atomic mass is 9.95. The molecular weight excluding hydrogens is 258 g/mol. The van der Waals surface area contributed by atoms with Gasteiger partial charge in [-0.25, -0.2) is 0 Å². The number of hydrogen-bond donors (Lipinski definition) is 0. The number of rotatable bonds is 3. The summed E-state index contributed by atoms with van der Waals surface area (Å²) in [7, 11) is 0. The molecule has 0 unspecified atom stereocenters. The molecule has 0 fully saturated rings. The Kier molecular flexibility index (Phi) is 4.15. The fourth-order valence-electron chi connectivity index (χ4n) is 2.73. The highest BCUT2D eigenvalue weighted by Gasteiger charge is 2.21. The fraction of sp³-hybridized carbons (Fsp3) is 0.211. The quantitative estimate of drug-likeness (QED) is 0.782. The molecule has 3 rings (SSSR count). The molecule has 0 aliphatic carbocycles. The molecule has 1 aliphatic heterocycles. The first-order valence-corrected chi connectivity index (χ1v) is 7.36. The summed E-state index contributed by atoms with van der Waals surface area (Å²) in [5, 5.41) is 0. The summed E-state index contributed by atoms with van der Waals surface area (Å²) < 4.78 is 0. The van der Waals surface area contributed by atoms with Crippen LogP contribution in [-0.2, 0) is 11.3 Å². The zero-order valence-electron chi connectivity index (χ0n) is 12.0. The number of hydrogen-bond acceptors (Lipinski definition) is 1. The zero-order valence-corrected chi connectivity index (χ0v) is 12.0. The molecule has 2 aromatic rings. The molecule has 0 bridgehead atoms. The summed E-state index contributed by atoms with van der Waals surface area (Å²) >= 11 is 0. The van der Waals surface area contributed by atoms with Gasteiger partial charge in [0.25, 0.3) is 0 Å². The zero-order chi connectivity index (χ0) is 14.5. The van der Waals surface area contributed by atoms with Crippen LogP contribution in [0.2, 0.25) is 0 Å². The highest BCUT2D eigenvalue weighted by molar-refractivity contribution is 5.78. The van der Waals surface area contributed by atoms with Gasteiger partial charge in [0, 0.05) is 25.4 Å². The van der Waals surface area contributed by atoms with Gasteiger partial charge in [0.1, 0.15) is 0 Å². The molecule has 0 N–H and O–H groups in total. The molecule has 21 heavy (non-hydrogen) atoms. The Bertz CT molecular complexity index is 619. The minimum absolute atomic E-state index is 0.194. The van der Waals surface area contributed by atoms with E-state index in [-0.39, 0.29) is 11.8 Å². The highest BCUT2D eigenvalue weighted by Crippen LogP contribution is 2.24. The third-order valence-corrected chi connectivity index (χ3v) is 3.89. The predicted octanol–water partition coefficient (Wildman–Crippen LogP) is 3.76. The molecule has 0 aromatic heterocycles. The highest BCUT2D eigenvalue weighted by atomic mass is 16.2. The van der Waals surface area contributed by atoms with Crippen LogP contribution in [0.15, 0.2) is 72.8 Å². The van der Waals surface area contributed by atoms with Crippen LogP contribution in [0.5, 0.6) is 0 Å². The van der Waals surface area contributed by atoms with Gasteiger partial charge in [-0.2, -0.15) is 0 Å². The minimum Gasteiger partial charge on any atom is -0.335 e. The Labute approximate surface area is 125 Å². The second-order valence-electron chi connectivity index (χ2n) is 5.41. The van der Waals surface area contributed by atoms with Crippen LogP contribution in [0.25, 0.3) is 0 Å². The first kappa shape index (κ1) is 13.6. The van der Waals surface area contributed by atoms with Crippen molar-refractivity contribution in [3.63, 3.8) is 0 Å². The van der Waals surface area contributed by atoms with Crippen LogP contribution in [0.4, 0.5) is 0 Å². The topological polar surface area (TPSA) is 20.3 Å². The van der Waals surface area contributed by atoms with E-state index >= 15 is 0 Å². The minimum atomic E-state index is 0.194. The van der Waals surface area contributed by atoms with Gasteiger partial charge in [-0.3, -0.25) is 4.79 Å². The number of carbonyl (C=O) groups is 1. The smallest absolute Gasteiger partial charge is 0.224 e. The van der Waals surface area contributed by atoms with E-state index in [9.17, 15) is 4.79 Å². The van der Waals surface area contributed by atoms with Crippen LogP contribution in [0.3, 0.4) is 0 Å². The summed E-state index contributed by atoms with van der Waals surface area (Å²) in [6.07, 6.45) is 4.83. The SMILES string of the molecule is O=C1C[C@H](c2ccccc2)C=CCN1Cc1ccccc1. The maximum Gasteiger partial charge on any atom is 0.224 e. The molecule has 1 atom stereocenters. The number of allylic oxidation sites excluding steroid dienone is 1. The Morgan fingerprint density at radius 3 is 2.33 bits per heavy atom. The van der Waals surface area contributed by atoms with E-state index in [0.29, 0.717) is 19.5 Å². The first-order chi connectivity index (χ1) is 10.3. The summed E-state index contributed by atoms with van der Waals surface area (Å²) in [4.78, 5) is 14.4. The van der Waals surface area contributed by atoms with Crippen LogP contribution < -0.4 is 0 Å². The van der Waals surface area contributed by atoms with E-state index in [1.54, 1.807) is 0 Å². The normalized spacial score (nSPS) is 18.6. The van der Waals surface area contributed by atoms with Crippen molar-refractivity contribution < 1.29 is 4.79 Å². The van der Waals surface area contributed by atoms with Gasteiger partial charge < -0.3 is 4.90 Å². The van der Waals surface area contributed by atoms with E-state index in [4.69, 9.17) is 0 Å². The van der Waals surface area contributed by atoms with Gasteiger partial charge in [0.05, 0.1) is 0 Å². The molecule has 0 saturated heterocycles. The number of carbonyl (C=O) groups excluding carboxylic acids is 1. The molecule has 0 spiro atoms. The lowest BCUT2D eigenvalue weighted by Crippen LogP contribution is -2.30. The monoisotopic (exact) mass is 277 g/mol. The van der Waals surface area contributed by atoms with Gasteiger partial charge >= 0.3 is 0 Å². The molecular formula is C19H19NO. The third-order valence-electron chi connectivity index (χ3n) is 3.89. The second kappa shape index (κ2) is 6.40. The van der Waals surface area contributed by atoms with Crippen molar-refractivity contribution in [3.05, 3.63) is 83.9 Å². The van der Waals surface area contributed by atoms with E-state index in [2.05, 4.69) is 36.4 Å². The van der Waals surface area contributed by atoms with Crippen molar-refractivity contribution >= 4 is 5.91 Å². The average Bonchev–Trinajstić information content (AvgIpc) is 2.72. The Morgan fingerprint density at radius 1 is 0.952 bits per heavy atom. The van der Waals surface area contributed by atoms with E-state index in [1.165, 1.54) is 11.1 Å². The second-order valence-corrected chi connectivity index (χ2v) is 5.41. The van der Waals surface area contributed by atoms with Crippen molar-refractivity contribution in [1.29, 1.82) is 0 Å². The molecule has 2 nitrogen and oxygen atoms in total. The molecule has 0 radical (unpaired) electrons. The van der Waals surface area contributed by atoms with Gasteiger partial charge in [-0.05, 0) is 11.1 Å². The fourth-order valence-corrected chi connectivity index (χ4v) is 2.73. The van der Waals surface area contributed by atoms with Crippen molar-refractivity contribution in [2.24, 2.45) is 0 Å². The summed E-state index contributed by atoms with van der Waals surface area (Å²) in [5.74, 6) is 0.414. The molecule has 2 heteroatoms. The molecule has 1 aliphatic rings. The molecule has 106 valence electrons. The molecule has 1 amide bonds. The van der Waals surface area contributed by atoms with Crippen LogP contribution in [0.1, 0.15) is 23.5 Å². The van der Waals surface area contributed by atoms with Gasteiger partial charge in [-0.15, -0.1) is 0 Å².